The van der Waals surface area contributed by atoms with Crippen LogP contribution in [0.1, 0.15) is 43.5 Å². The average Bonchev–Trinajstić information content (AvgIpc) is 2.28. The molecule has 4 heteroatoms. The van der Waals surface area contributed by atoms with Crippen molar-refractivity contribution >= 4 is 5.91 Å². The average molecular weight is 238 g/mol. The van der Waals surface area contributed by atoms with E-state index in [4.69, 9.17) is 0 Å². The second-order valence-corrected chi connectivity index (χ2v) is 4.51. The van der Waals surface area contributed by atoms with Crippen LogP contribution in [0.4, 0.5) is 4.39 Å². The van der Waals surface area contributed by atoms with E-state index in [1.54, 1.807) is 0 Å². The second kappa shape index (κ2) is 6.99. The molecule has 0 bridgehead atoms. The number of pyridine rings is 1. The van der Waals surface area contributed by atoms with E-state index in [0.29, 0.717) is 18.0 Å². The Morgan fingerprint density at radius 3 is 2.88 bits per heavy atom. The maximum absolute atomic E-state index is 12.8. The number of nitrogens with one attached hydrogen (secondary N) is 1. The third kappa shape index (κ3) is 5.43. The summed E-state index contributed by atoms with van der Waals surface area (Å²) < 4.78 is 12.8. The highest BCUT2D eigenvalue weighted by atomic mass is 19.1. The van der Waals surface area contributed by atoms with Crippen LogP contribution in [-0.4, -0.2) is 17.4 Å². The SMILES string of the molecule is CC(C)CCCCNC(=O)c1ccnc(F)c1. The lowest BCUT2D eigenvalue weighted by molar-refractivity contribution is 0.0952. The van der Waals surface area contributed by atoms with Gasteiger partial charge in [-0.25, -0.2) is 4.98 Å². The Balaban J connectivity index is 2.26. The number of unbranched alkanes of at least 4 members (excludes halogenated alkanes) is 1. The van der Waals surface area contributed by atoms with Gasteiger partial charge in [0.2, 0.25) is 5.95 Å². The third-order valence-corrected chi connectivity index (χ3v) is 2.48. The van der Waals surface area contributed by atoms with Gasteiger partial charge >= 0.3 is 0 Å². The molecule has 1 aromatic rings. The zero-order chi connectivity index (χ0) is 12.7. The van der Waals surface area contributed by atoms with Crippen molar-refractivity contribution in [2.75, 3.05) is 6.54 Å². The standard InChI is InChI=1S/C13H19FN2O/c1-10(2)5-3-4-7-16-13(17)11-6-8-15-12(14)9-11/h6,8-10H,3-5,7H2,1-2H3,(H,16,17). The van der Waals surface area contributed by atoms with Crippen molar-refractivity contribution in [3.8, 4) is 0 Å². The summed E-state index contributed by atoms with van der Waals surface area (Å²) in [7, 11) is 0. The Hall–Kier alpha value is -1.45. The normalized spacial score (nSPS) is 10.6. The second-order valence-electron chi connectivity index (χ2n) is 4.51. The van der Waals surface area contributed by atoms with Crippen LogP contribution >= 0.6 is 0 Å². The van der Waals surface area contributed by atoms with Gasteiger partial charge in [-0.2, -0.15) is 4.39 Å². The number of hydrogen-bond acceptors (Lipinski definition) is 2. The van der Waals surface area contributed by atoms with Gasteiger partial charge in [0, 0.05) is 24.4 Å². The molecule has 0 radical (unpaired) electrons. The molecule has 94 valence electrons. The highest BCUT2D eigenvalue weighted by Gasteiger charge is 2.05. The third-order valence-electron chi connectivity index (χ3n) is 2.48. The van der Waals surface area contributed by atoms with Crippen LogP contribution in [0.15, 0.2) is 18.3 Å². The first kappa shape index (κ1) is 13.6. The van der Waals surface area contributed by atoms with Crippen molar-refractivity contribution in [3.05, 3.63) is 29.8 Å². The largest absolute Gasteiger partial charge is 0.352 e. The van der Waals surface area contributed by atoms with E-state index >= 15 is 0 Å². The van der Waals surface area contributed by atoms with Gasteiger partial charge in [-0.3, -0.25) is 4.79 Å². The summed E-state index contributed by atoms with van der Waals surface area (Å²) in [4.78, 5) is 15.0. The van der Waals surface area contributed by atoms with Crippen LogP contribution in [0.2, 0.25) is 0 Å². The van der Waals surface area contributed by atoms with Crippen molar-refractivity contribution in [1.29, 1.82) is 0 Å². The van der Waals surface area contributed by atoms with Gasteiger partial charge in [0.05, 0.1) is 0 Å². The van der Waals surface area contributed by atoms with E-state index in [1.165, 1.54) is 18.7 Å². The number of hydrogen-bond donors (Lipinski definition) is 1. The van der Waals surface area contributed by atoms with Gasteiger partial charge < -0.3 is 5.32 Å². The zero-order valence-electron chi connectivity index (χ0n) is 10.4. The summed E-state index contributed by atoms with van der Waals surface area (Å²) in [6.07, 6.45) is 4.52. The number of carbonyl (C=O) groups excluding carboxylic acids is 1. The minimum absolute atomic E-state index is 0.240. The van der Waals surface area contributed by atoms with Gasteiger partial charge in [-0.15, -0.1) is 0 Å². The number of amides is 1. The van der Waals surface area contributed by atoms with Gasteiger partial charge in [-0.05, 0) is 18.4 Å². The van der Waals surface area contributed by atoms with Crippen LogP contribution in [-0.2, 0) is 0 Å². The fraction of sp³-hybridized carbons (Fsp3) is 0.538. The molecule has 1 amide bonds. The maximum Gasteiger partial charge on any atom is 0.251 e. The zero-order valence-corrected chi connectivity index (χ0v) is 10.4. The molecule has 0 saturated carbocycles. The quantitative estimate of drug-likeness (QED) is 0.611. The van der Waals surface area contributed by atoms with Crippen LogP contribution in [0, 0.1) is 11.9 Å². The summed E-state index contributed by atoms with van der Waals surface area (Å²) in [5.74, 6) is -0.173. The van der Waals surface area contributed by atoms with Crippen LogP contribution in [0.5, 0.6) is 0 Å². The Bertz CT molecular complexity index is 366. The molecule has 1 aromatic heterocycles. The smallest absolute Gasteiger partial charge is 0.251 e. The molecule has 0 saturated heterocycles. The maximum atomic E-state index is 12.8. The van der Waals surface area contributed by atoms with Crippen LogP contribution in [0.3, 0.4) is 0 Å². The van der Waals surface area contributed by atoms with Crippen LogP contribution in [0.25, 0.3) is 0 Å². The number of carbonyl (C=O) groups is 1. The Morgan fingerprint density at radius 1 is 1.47 bits per heavy atom. The lowest BCUT2D eigenvalue weighted by Gasteiger charge is -2.06. The lowest BCUT2D eigenvalue weighted by atomic mass is 10.1. The molecule has 0 aromatic carbocycles. The predicted molar refractivity (Wildman–Crippen MR) is 65.2 cm³/mol. The number of halogens is 1. The van der Waals surface area contributed by atoms with Crippen molar-refractivity contribution < 1.29 is 9.18 Å². The first-order chi connectivity index (χ1) is 8.09. The molecule has 0 aliphatic rings. The van der Waals surface area contributed by atoms with Gasteiger partial charge in [-0.1, -0.05) is 26.7 Å². The Morgan fingerprint density at radius 2 is 2.24 bits per heavy atom. The first-order valence-corrected chi connectivity index (χ1v) is 5.99. The number of rotatable bonds is 6. The highest BCUT2D eigenvalue weighted by molar-refractivity contribution is 5.93. The molecule has 1 rings (SSSR count). The van der Waals surface area contributed by atoms with Gasteiger partial charge in [0.15, 0.2) is 0 Å². The van der Waals surface area contributed by atoms with E-state index in [1.807, 2.05) is 0 Å². The van der Waals surface area contributed by atoms with Gasteiger partial charge in [0.25, 0.3) is 5.91 Å². The summed E-state index contributed by atoms with van der Waals surface area (Å²) in [5.41, 5.74) is 0.321. The molecule has 0 atom stereocenters. The molecule has 0 unspecified atom stereocenters. The molecule has 0 fully saturated rings. The lowest BCUT2D eigenvalue weighted by Crippen LogP contribution is -2.24. The first-order valence-electron chi connectivity index (χ1n) is 5.99. The van der Waals surface area contributed by atoms with Crippen molar-refractivity contribution in [1.82, 2.24) is 10.3 Å². The molecule has 0 aliphatic carbocycles. The Labute approximate surface area is 101 Å². The van der Waals surface area contributed by atoms with E-state index in [9.17, 15) is 9.18 Å². The van der Waals surface area contributed by atoms with Crippen molar-refractivity contribution in [2.24, 2.45) is 5.92 Å². The van der Waals surface area contributed by atoms with Crippen molar-refractivity contribution in [3.63, 3.8) is 0 Å². The van der Waals surface area contributed by atoms with E-state index < -0.39 is 5.95 Å². The summed E-state index contributed by atoms with van der Waals surface area (Å²) in [6.45, 7) is 4.99. The van der Waals surface area contributed by atoms with E-state index in [0.717, 1.165) is 18.9 Å². The van der Waals surface area contributed by atoms with E-state index in [-0.39, 0.29) is 5.91 Å². The number of aromatic nitrogens is 1. The fourth-order valence-electron chi connectivity index (χ4n) is 1.53. The summed E-state index contributed by atoms with van der Waals surface area (Å²) in [5, 5.41) is 2.77. The molecule has 3 nitrogen and oxygen atoms in total. The monoisotopic (exact) mass is 238 g/mol. The van der Waals surface area contributed by atoms with Crippen molar-refractivity contribution in [2.45, 2.75) is 33.1 Å². The predicted octanol–water partition coefficient (Wildman–Crippen LogP) is 2.78. The molecule has 17 heavy (non-hydrogen) atoms. The highest BCUT2D eigenvalue weighted by Crippen LogP contribution is 2.05. The topological polar surface area (TPSA) is 42.0 Å². The van der Waals surface area contributed by atoms with E-state index in [2.05, 4.69) is 24.1 Å². The summed E-state index contributed by atoms with van der Waals surface area (Å²) in [6, 6.07) is 2.65. The molecule has 0 aliphatic heterocycles. The van der Waals surface area contributed by atoms with Gasteiger partial charge in [0.1, 0.15) is 0 Å². The molecule has 1 heterocycles. The Kier molecular flexibility index (Phi) is 5.60. The minimum atomic E-state index is -0.627. The molecular formula is C13H19FN2O. The summed E-state index contributed by atoms with van der Waals surface area (Å²) >= 11 is 0. The minimum Gasteiger partial charge on any atom is -0.352 e. The molecular weight excluding hydrogens is 219 g/mol. The fourth-order valence-corrected chi connectivity index (χ4v) is 1.53. The number of nitrogens with zero attached hydrogens (tertiary/aromatic N) is 1. The van der Waals surface area contributed by atoms with Crippen LogP contribution < -0.4 is 5.32 Å². The molecule has 0 spiro atoms. The molecule has 1 N–H and O–H groups in total.